The topological polar surface area (TPSA) is 9.23 Å². The summed E-state index contributed by atoms with van der Waals surface area (Å²) >= 11 is 0. The summed E-state index contributed by atoms with van der Waals surface area (Å²) in [4.78, 5) is 0. The highest BCUT2D eigenvalue weighted by Gasteiger charge is 2.26. The first kappa shape index (κ1) is 24.0. The van der Waals surface area contributed by atoms with E-state index in [2.05, 4.69) is 52.0 Å². The third-order valence-corrected chi connectivity index (χ3v) is 7.06. The Morgan fingerprint density at radius 2 is 1.82 bits per heavy atom. The van der Waals surface area contributed by atoms with Gasteiger partial charge in [0.1, 0.15) is 17.3 Å². The van der Waals surface area contributed by atoms with E-state index in [-0.39, 0.29) is 11.2 Å². The monoisotopic (exact) mass is 454 g/mol. The van der Waals surface area contributed by atoms with Crippen molar-refractivity contribution in [2.75, 3.05) is 0 Å². The number of hydrogen-bond acceptors (Lipinski definition) is 1. The lowest BCUT2D eigenvalue weighted by molar-refractivity contribution is 0.377. The Morgan fingerprint density at radius 3 is 2.59 bits per heavy atom. The van der Waals surface area contributed by atoms with Crippen molar-refractivity contribution in [2.24, 2.45) is 5.41 Å². The maximum absolute atomic E-state index is 15.6. The minimum Gasteiger partial charge on any atom is -0.457 e. The van der Waals surface area contributed by atoms with Crippen LogP contribution < -0.4 is 4.74 Å². The molecule has 0 aliphatic heterocycles. The number of hydrogen-bond donors (Lipinski definition) is 0. The summed E-state index contributed by atoms with van der Waals surface area (Å²) in [7, 11) is 0. The van der Waals surface area contributed by atoms with E-state index in [1.165, 1.54) is 24.0 Å². The molecule has 0 saturated carbocycles. The van der Waals surface area contributed by atoms with Crippen LogP contribution in [-0.4, -0.2) is 0 Å². The molecule has 3 aromatic rings. The van der Waals surface area contributed by atoms with Crippen molar-refractivity contribution in [3.8, 4) is 11.5 Å². The first-order valence-electron chi connectivity index (χ1n) is 12.3. The van der Waals surface area contributed by atoms with E-state index in [4.69, 9.17) is 4.74 Å². The first-order valence-corrected chi connectivity index (χ1v) is 12.3. The summed E-state index contributed by atoms with van der Waals surface area (Å²) in [6.45, 7) is 10.7. The van der Waals surface area contributed by atoms with Gasteiger partial charge in [-0.1, -0.05) is 74.9 Å². The van der Waals surface area contributed by atoms with E-state index in [1.54, 1.807) is 0 Å². The third-order valence-electron chi connectivity index (χ3n) is 7.06. The SMILES string of the molecule is CCc1cc(Oc2cccc3ccccc23)ccc1/C(F)=C(C)/C=C/C1=C(C)CCCC1(C)C. The number of halogens is 1. The Morgan fingerprint density at radius 1 is 1.06 bits per heavy atom. The second kappa shape index (κ2) is 10.0. The Bertz CT molecular complexity index is 1280. The molecular weight excluding hydrogens is 419 g/mol. The van der Waals surface area contributed by atoms with Crippen molar-refractivity contribution in [1.82, 2.24) is 0 Å². The van der Waals surface area contributed by atoms with Gasteiger partial charge in [0.25, 0.3) is 0 Å². The van der Waals surface area contributed by atoms with Gasteiger partial charge in [-0.3, -0.25) is 0 Å². The van der Waals surface area contributed by atoms with Crippen LogP contribution in [0, 0.1) is 5.41 Å². The lowest BCUT2D eigenvalue weighted by atomic mass is 9.72. The van der Waals surface area contributed by atoms with E-state index in [0.717, 1.165) is 40.7 Å². The molecule has 4 rings (SSSR count). The lowest BCUT2D eigenvalue weighted by Gasteiger charge is -2.33. The number of fused-ring (bicyclic) bond motifs is 1. The normalized spacial score (nSPS) is 16.8. The van der Waals surface area contributed by atoms with Crippen LogP contribution in [0.4, 0.5) is 4.39 Å². The fourth-order valence-corrected chi connectivity index (χ4v) is 5.06. The van der Waals surface area contributed by atoms with Crippen molar-refractivity contribution in [2.45, 2.75) is 60.3 Å². The van der Waals surface area contributed by atoms with Crippen molar-refractivity contribution in [3.05, 3.63) is 101 Å². The average molecular weight is 455 g/mol. The summed E-state index contributed by atoms with van der Waals surface area (Å²) < 4.78 is 21.8. The van der Waals surface area contributed by atoms with Gasteiger partial charge in [0.2, 0.25) is 0 Å². The zero-order valence-corrected chi connectivity index (χ0v) is 21.0. The number of ether oxygens (including phenoxy) is 1. The number of allylic oxidation sites excluding steroid dienone is 5. The van der Waals surface area contributed by atoms with Gasteiger partial charge in [-0.05, 0) is 91.3 Å². The molecule has 0 radical (unpaired) electrons. The van der Waals surface area contributed by atoms with Gasteiger partial charge < -0.3 is 4.74 Å². The van der Waals surface area contributed by atoms with Crippen LogP contribution in [0.3, 0.4) is 0 Å². The molecule has 0 bridgehead atoms. The fourth-order valence-electron chi connectivity index (χ4n) is 5.06. The highest BCUT2D eigenvalue weighted by molar-refractivity contribution is 5.88. The molecule has 1 nitrogen and oxygen atoms in total. The molecule has 0 unspecified atom stereocenters. The van der Waals surface area contributed by atoms with Gasteiger partial charge >= 0.3 is 0 Å². The zero-order chi connectivity index (χ0) is 24.3. The maximum Gasteiger partial charge on any atom is 0.135 e. The van der Waals surface area contributed by atoms with Gasteiger partial charge in [0.15, 0.2) is 0 Å². The molecule has 2 heteroatoms. The molecule has 3 aromatic carbocycles. The molecule has 0 spiro atoms. The second-order valence-electron chi connectivity index (χ2n) is 10.0. The molecule has 1 aliphatic rings. The molecular formula is C32H35FO. The average Bonchev–Trinajstić information content (AvgIpc) is 2.83. The standard InChI is InChI=1S/C32H35FO/c1-6-24-21-26(34-30-15-9-13-25-12-7-8-14-27(25)30)17-18-28(24)31(33)23(3)16-19-29-22(2)11-10-20-32(29,4)5/h7-9,12-19,21H,6,10-11,20H2,1-5H3/b19-16+,31-23-. The predicted octanol–water partition coefficient (Wildman–Crippen LogP) is 9.98. The highest BCUT2D eigenvalue weighted by atomic mass is 19.1. The Balaban J connectivity index is 1.62. The van der Waals surface area contributed by atoms with Gasteiger partial charge in [0.05, 0.1) is 0 Å². The lowest BCUT2D eigenvalue weighted by Crippen LogP contribution is -2.19. The Labute approximate surface area is 203 Å². The van der Waals surface area contributed by atoms with E-state index >= 15 is 4.39 Å². The molecule has 0 heterocycles. The van der Waals surface area contributed by atoms with Crippen molar-refractivity contribution >= 4 is 16.6 Å². The molecule has 0 atom stereocenters. The highest BCUT2D eigenvalue weighted by Crippen LogP contribution is 2.41. The third kappa shape index (κ3) is 5.01. The van der Waals surface area contributed by atoms with Crippen LogP contribution in [0.25, 0.3) is 16.6 Å². The Kier molecular flexibility index (Phi) is 7.07. The van der Waals surface area contributed by atoms with Gasteiger partial charge in [-0.2, -0.15) is 0 Å². The molecule has 0 saturated heterocycles. The molecule has 34 heavy (non-hydrogen) atoms. The van der Waals surface area contributed by atoms with Crippen molar-refractivity contribution in [3.63, 3.8) is 0 Å². The van der Waals surface area contributed by atoms with E-state index in [0.29, 0.717) is 11.1 Å². The van der Waals surface area contributed by atoms with Gasteiger partial charge in [-0.25, -0.2) is 4.39 Å². The Hall–Kier alpha value is -3.13. The minimum absolute atomic E-state index is 0.144. The summed E-state index contributed by atoms with van der Waals surface area (Å²) in [5, 5.41) is 2.20. The minimum atomic E-state index is -0.170. The van der Waals surface area contributed by atoms with E-state index in [1.807, 2.05) is 55.5 Å². The second-order valence-corrected chi connectivity index (χ2v) is 10.0. The van der Waals surface area contributed by atoms with Crippen LogP contribution in [0.2, 0.25) is 0 Å². The quantitative estimate of drug-likeness (QED) is 0.337. The molecule has 0 amide bonds. The first-order chi connectivity index (χ1) is 16.3. The van der Waals surface area contributed by atoms with Crippen LogP contribution in [0.15, 0.2) is 89.5 Å². The fraction of sp³-hybridized carbons (Fsp3) is 0.312. The zero-order valence-electron chi connectivity index (χ0n) is 21.0. The predicted molar refractivity (Wildman–Crippen MR) is 143 cm³/mol. The molecule has 0 fully saturated rings. The number of aryl methyl sites for hydroxylation is 1. The molecule has 0 aromatic heterocycles. The summed E-state index contributed by atoms with van der Waals surface area (Å²) in [5.41, 5.74) is 5.15. The van der Waals surface area contributed by atoms with Gasteiger partial charge in [0, 0.05) is 10.9 Å². The molecule has 0 N–H and O–H groups in total. The smallest absolute Gasteiger partial charge is 0.135 e. The summed E-state index contributed by atoms with van der Waals surface area (Å²) in [6.07, 6.45) is 8.34. The van der Waals surface area contributed by atoms with Crippen molar-refractivity contribution < 1.29 is 9.13 Å². The van der Waals surface area contributed by atoms with Crippen molar-refractivity contribution in [1.29, 1.82) is 0 Å². The van der Waals surface area contributed by atoms with Gasteiger partial charge in [-0.15, -0.1) is 0 Å². The maximum atomic E-state index is 15.6. The number of benzene rings is 3. The number of rotatable bonds is 6. The van der Waals surface area contributed by atoms with Crippen LogP contribution in [-0.2, 0) is 6.42 Å². The molecule has 176 valence electrons. The summed E-state index contributed by atoms with van der Waals surface area (Å²) in [5.74, 6) is 1.36. The van der Waals surface area contributed by atoms with E-state index in [9.17, 15) is 0 Å². The summed E-state index contributed by atoms with van der Waals surface area (Å²) in [6, 6.07) is 19.9. The largest absolute Gasteiger partial charge is 0.457 e. The molecule has 1 aliphatic carbocycles. The van der Waals surface area contributed by atoms with Crippen LogP contribution >= 0.6 is 0 Å². The van der Waals surface area contributed by atoms with E-state index < -0.39 is 0 Å². The van der Waals surface area contributed by atoms with Crippen LogP contribution in [0.1, 0.15) is 65.0 Å². The van der Waals surface area contributed by atoms with Crippen LogP contribution in [0.5, 0.6) is 11.5 Å².